The van der Waals surface area contributed by atoms with E-state index in [0.717, 1.165) is 19.3 Å². The third-order valence-corrected chi connectivity index (χ3v) is 4.70. The monoisotopic (exact) mass is 337 g/mol. The second-order valence-corrected chi connectivity index (χ2v) is 6.58. The van der Waals surface area contributed by atoms with Crippen LogP contribution in [0.2, 0.25) is 0 Å². The summed E-state index contributed by atoms with van der Waals surface area (Å²) in [5, 5.41) is 8.18. The summed E-state index contributed by atoms with van der Waals surface area (Å²) in [5.74, 6) is -0.363. The van der Waals surface area contributed by atoms with Gasteiger partial charge in [-0.2, -0.15) is 0 Å². The van der Waals surface area contributed by atoms with Crippen molar-refractivity contribution in [2.45, 2.75) is 38.6 Å². The summed E-state index contributed by atoms with van der Waals surface area (Å²) >= 11 is 1.31. The van der Waals surface area contributed by atoms with E-state index in [4.69, 9.17) is 4.74 Å². The number of ether oxygens (including phenoxy) is 1. The van der Waals surface area contributed by atoms with Crippen molar-refractivity contribution in [3.8, 4) is 0 Å². The Morgan fingerprint density at radius 2 is 2.26 bits per heavy atom. The van der Waals surface area contributed by atoms with E-state index >= 15 is 0 Å². The number of nitrogens with one attached hydrogen (secondary N) is 2. The van der Waals surface area contributed by atoms with Gasteiger partial charge in [0.15, 0.2) is 17.4 Å². The summed E-state index contributed by atoms with van der Waals surface area (Å²) in [5.41, 5.74) is 0.209. The molecular formula is C16H23N3O3S. The first-order valence-electron chi connectivity index (χ1n) is 7.87. The standard InChI is InChI=1S/C16H23N3O3S/c1-3-8-17-16-19-13(10-23-16)15(21)22-9-14(20)18-12-7-5-4-6-11(12)2/h3,10-12H,1,4-9H2,2H3,(H,17,19)(H,18,20)/t11-,12+/m0/s1. The minimum absolute atomic E-state index is 0.184. The summed E-state index contributed by atoms with van der Waals surface area (Å²) in [4.78, 5) is 27.9. The van der Waals surface area contributed by atoms with Gasteiger partial charge in [0.25, 0.3) is 5.91 Å². The minimum Gasteiger partial charge on any atom is -0.451 e. The smallest absolute Gasteiger partial charge is 0.358 e. The highest BCUT2D eigenvalue weighted by Gasteiger charge is 2.23. The lowest BCUT2D eigenvalue weighted by molar-refractivity contribution is -0.125. The maximum Gasteiger partial charge on any atom is 0.358 e. The number of hydrogen-bond acceptors (Lipinski definition) is 6. The van der Waals surface area contributed by atoms with Crippen LogP contribution in [-0.2, 0) is 9.53 Å². The summed E-state index contributed by atoms with van der Waals surface area (Å²) < 4.78 is 5.03. The molecule has 6 nitrogen and oxygen atoms in total. The van der Waals surface area contributed by atoms with E-state index in [0.29, 0.717) is 17.6 Å². The summed E-state index contributed by atoms with van der Waals surface area (Å²) in [7, 11) is 0. The van der Waals surface area contributed by atoms with Crippen LogP contribution in [0, 0.1) is 5.92 Å². The van der Waals surface area contributed by atoms with E-state index < -0.39 is 5.97 Å². The predicted octanol–water partition coefficient (Wildman–Crippen LogP) is 2.59. The lowest BCUT2D eigenvalue weighted by atomic mass is 9.86. The SMILES string of the molecule is C=CCNc1nc(C(=O)OCC(=O)N[C@@H]2CCCC[C@@H]2C)cs1. The first-order chi connectivity index (χ1) is 11.1. The number of esters is 1. The Morgan fingerprint density at radius 3 is 3.00 bits per heavy atom. The summed E-state index contributed by atoms with van der Waals surface area (Å²) in [6, 6.07) is 0.184. The van der Waals surface area contributed by atoms with Crippen LogP contribution < -0.4 is 10.6 Å². The normalized spacial score (nSPS) is 20.6. The Morgan fingerprint density at radius 1 is 1.48 bits per heavy atom. The molecule has 0 aliphatic heterocycles. The molecule has 1 heterocycles. The van der Waals surface area contributed by atoms with Crippen molar-refractivity contribution in [1.82, 2.24) is 10.3 Å². The van der Waals surface area contributed by atoms with E-state index in [-0.39, 0.29) is 24.2 Å². The molecule has 1 fully saturated rings. The van der Waals surface area contributed by atoms with Crippen molar-refractivity contribution >= 4 is 28.3 Å². The molecule has 0 saturated heterocycles. The molecule has 23 heavy (non-hydrogen) atoms. The molecule has 0 unspecified atom stereocenters. The zero-order chi connectivity index (χ0) is 16.7. The zero-order valence-corrected chi connectivity index (χ0v) is 14.2. The number of carbonyl (C=O) groups excluding carboxylic acids is 2. The van der Waals surface area contributed by atoms with Gasteiger partial charge in [0.1, 0.15) is 0 Å². The van der Waals surface area contributed by atoms with Crippen molar-refractivity contribution in [3.63, 3.8) is 0 Å². The number of hydrogen-bond donors (Lipinski definition) is 2. The van der Waals surface area contributed by atoms with Crippen molar-refractivity contribution in [2.75, 3.05) is 18.5 Å². The zero-order valence-electron chi connectivity index (χ0n) is 13.3. The Kier molecular flexibility index (Phi) is 6.58. The van der Waals surface area contributed by atoms with Crippen LogP contribution in [-0.4, -0.2) is 36.1 Å². The first kappa shape index (κ1) is 17.5. The number of nitrogens with zero attached hydrogens (tertiary/aromatic N) is 1. The molecule has 0 radical (unpaired) electrons. The van der Waals surface area contributed by atoms with Crippen LogP contribution >= 0.6 is 11.3 Å². The van der Waals surface area contributed by atoms with Gasteiger partial charge in [-0.05, 0) is 18.8 Å². The largest absolute Gasteiger partial charge is 0.451 e. The van der Waals surface area contributed by atoms with E-state index in [9.17, 15) is 9.59 Å². The lowest BCUT2D eigenvalue weighted by Crippen LogP contribution is -2.42. The number of rotatable bonds is 7. The Labute approximate surface area is 140 Å². The molecule has 1 amide bonds. The molecule has 0 bridgehead atoms. The minimum atomic E-state index is -0.584. The van der Waals surface area contributed by atoms with Crippen molar-refractivity contribution in [3.05, 3.63) is 23.7 Å². The number of thiazole rings is 1. The van der Waals surface area contributed by atoms with Crippen LogP contribution in [0.15, 0.2) is 18.0 Å². The molecule has 0 spiro atoms. The number of anilines is 1. The number of carbonyl (C=O) groups is 2. The molecule has 0 aromatic carbocycles. The molecule has 1 saturated carbocycles. The van der Waals surface area contributed by atoms with Gasteiger partial charge in [0, 0.05) is 18.0 Å². The summed E-state index contributed by atoms with van der Waals surface area (Å²) in [6.45, 7) is 6.04. The molecule has 1 aromatic rings. The molecule has 126 valence electrons. The van der Waals surface area contributed by atoms with E-state index in [1.807, 2.05) is 0 Å². The first-order valence-corrected chi connectivity index (χ1v) is 8.75. The lowest BCUT2D eigenvalue weighted by Gasteiger charge is -2.29. The molecule has 2 rings (SSSR count). The van der Waals surface area contributed by atoms with E-state index in [2.05, 4.69) is 29.1 Å². The second kappa shape index (κ2) is 8.67. The van der Waals surface area contributed by atoms with Gasteiger partial charge in [-0.3, -0.25) is 4.79 Å². The second-order valence-electron chi connectivity index (χ2n) is 5.72. The van der Waals surface area contributed by atoms with Gasteiger partial charge in [-0.25, -0.2) is 9.78 Å². The van der Waals surface area contributed by atoms with Gasteiger partial charge in [0.05, 0.1) is 0 Å². The van der Waals surface area contributed by atoms with Gasteiger partial charge < -0.3 is 15.4 Å². The molecule has 2 atom stereocenters. The molecule has 1 aromatic heterocycles. The maximum atomic E-state index is 11.9. The highest BCUT2D eigenvalue weighted by Crippen LogP contribution is 2.23. The van der Waals surface area contributed by atoms with Gasteiger partial charge in [-0.1, -0.05) is 25.8 Å². The third kappa shape index (κ3) is 5.35. The highest BCUT2D eigenvalue weighted by molar-refractivity contribution is 7.13. The Balaban J connectivity index is 1.75. The average Bonchev–Trinajstić information content (AvgIpc) is 3.02. The molecule has 1 aliphatic rings. The maximum absolute atomic E-state index is 11.9. The van der Waals surface area contributed by atoms with Crippen molar-refractivity contribution < 1.29 is 14.3 Å². The van der Waals surface area contributed by atoms with Crippen LogP contribution in [0.1, 0.15) is 43.1 Å². The van der Waals surface area contributed by atoms with Gasteiger partial charge in [-0.15, -0.1) is 17.9 Å². The highest BCUT2D eigenvalue weighted by atomic mass is 32.1. The van der Waals surface area contributed by atoms with Crippen LogP contribution in [0.25, 0.3) is 0 Å². The summed E-state index contributed by atoms with van der Waals surface area (Å²) in [6.07, 6.45) is 6.17. The number of amides is 1. The number of aromatic nitrogens is 1. The Hall–Kier alpha value is -1.89. The average molecular weight is 337 g/mol. The quantitative estimate of drug-likeness (QED) is 0.590. The fourth-order valence-corrected chi connectivity index (χ4v) is 3.28. The van der Waals surface area contributed by atoms with Crippen LogP contribution in [0.4, 0.5) is 5.13 Å². The third-order valence-electron chi connectivity index (χ3n) is 3.90. The predicted molar refractivity (Wildman–Crippen MR) is 90.6 cm³/mol. The molecule has 7 heteroatoms. The fourth-order valence-electron chi connectivity index (χ4n) is 2.59. The van der Waals surface area contributed by atoms with Gasteiger partial charge >= 0.3 is 5.97 Å². The molecule has 1 aliphatic carbocycles. The van der Waals surface area contributed by atoms with Crippen LogP contribution in [0.3, 0.4) is 0 Å². The fraction of sp³-hybridized carbons (Fsp3) is 0.562. The van der Waals surface area contributed by atoms with Crippen molar-refractivity contribution in [2.24, 2.45) is 5.92 Å². The molecular weight excluding hydrogens is 314 g/mol. The topological polar surface area (TPSA) is 80.3 Å². The van der Waals surface area contributed by atoms with Crippen LogP contribution in [0.5, 0.6) is 0 Å². The van der Waals surface area contributed by atoms with Crippen molar-refractivity contribution in [1.29, 1.82) is 0 Å². The van der Waals surface area contributed by atoms with E-state index in [1.165, 1.54) is 17.8 Å². The molecule has 2 N–H and O–H groups in total. The van der Waals surface area contributed by atoms with E-state index in [1.54, 1.807) is 11.5 Å². The van der Waals surface area contributed by atoms with Gasteiger partial charge in [0.2, 0.25) is 0 Å². The Bertz CT molecular complexity index is 559.